The summed E-state index contributed by atoms with van der Waals surface area (Å²) in [6, 6.07) is 16.6. The summed E-state index contributed by atoms with van der Waals surface area (Å²) in [5.41, 5.74) is 3.73. The molecular weight excluding hydrogens is 296 g/mol. The van der Waals surface area contributed by atoms with Gasteiger partial charge in [-0.25, -0.2) is 0 Å². The largest absolute Gasteiger partial charge is 0.489 e. The molecule has 24 heavy (non-hydrogen) atoms. The second kappa shape index (κ2) is 8.02. The van der Waals surface area contributed by atoms with Crippen LogP contribution in [0.4, 0.5) is 0 Å². The van der Waals surface area contributed by atoms with Gasteiger partial charge < -0.3 is 14.6 Å². The van der Waals surface area contributed by atoms with E-state index in [-0.39, 0.29) is 0 Å². The number of nitrogens with one attached hydrogen (secondary N) is 1. The predicted octanol–water partition coefficient (Wildman–Crippen LogP) is 4.63. The average Bonchev–Trinajstić information content (AvgIpc) is 3.04. The summed E-state index contributed by atoms with van der Waals surface area (Å²) < 4.78 is 5.97. The van der Waals surface area contributed by atoms with Crippen molar-refractivity contribution in [2.45, 2.75) is 26.9 Å². The quantitative estimate of drug-likeness (QED) is 0.655. The summed E-state index contributed by atoms with van der Waals surface area (Å²) in [5, 5.41) is 1.27. The van der Waals surface area contributed by atoms with Crippen molar-refractivity contribution in [3.63, 3.8) is 0 Å². The maximum absolute atomic E-state index is 5.97. The summed E-state index contributed by atoms with van der Waals surface area (Å²) >= 11 is 0. The third-order valence-corrected chi connectivity index (χ3v) is 4.58. The van der Waals surface area contributed by atoms with Crippen molar-refractivity contribution in [3.05, 3.63) is 65.9 Å². The van der Waals surface area contributed by atoms with Crippen LogP contribution in [0.2, 0.25) is 0 Å². The van der Waals surface area contributed by atoms with Crippen molar-refractivity contribution in [1.29, 1.82) is 0 Å². The van der Waals surface area contributed by atoms with E-state index in [1.54, 1.807) is 0 Å². The minimum atomic E-state index is 0.603. The molecule has 0 saturated carbocycles. The van der Waals surface area contributed by atoms with Gasteiger partial charge in [-0.3, -0.25) is 0 Å². The number of aromatic amines is 1. The highest BCUT2D eigenvalue weighted by Gasteiger charge is 2.07. The lowest BCUT2D eigenvalue weighted by molar-refractivity contribution is 0.306. The van der Waals surface area contributed by atoms with Crippen LogP contribution in [-0.2, 0) is 13.0 Å². The van der Waals surface area contributed by atoms with Gasteiger partial charge in [-0.05, 0) is 48.8 Å². The number of H-pyrrole nitrogens is 1. The minimum Gasteiger partial charge on any atom is -0.489 e. The number of fused-ring (bicyclic) bond motifs is 1. The molecule has 0 amide bonds. The molecule has 0 radical (unpaired) electrons. The van der Waals surface area contributed by atoms with E-state index < -0.39 is 0 Å². The summed E-state index contributed by atoms with van der Waals surface area (Å²) in [4.78, 5) is 5.83. The summed E-state index contributed by atoms with van der Waals surface area (Å²) in [6.45, 7) is 8.33. The number of rotatable bonds is 8. The molecule has 1 heterocycles. The lowest BCUT2D eigenvalue weighted by Crippen LogP contribution is -2.25. The number of aromatic nitrogens is 1. The Balaban J connectivity index is 1.71. The molecule has 2 aromatic carbocycles. The molecule has 126 valence electrons. The van der Waals surface area contributed by atoms with Crippen LogP contribution >= 0.6 is 0 Å². The smallest absolute Gasteiger partial charge is 0.120 e. The number of hydrogen-bond acceptors (Lipinski definition) is 2. The van der Waals surface area contributed by atoms with E-state index in [0.717, 1.165) is 31.8 Å². The molecule has 3 rings (SSSR count). The number of hydrogen-bond donors (Lipinski definition) is 1. The maximum Gasteiger partial charge on any atom is 0.120 e. The molecule has 3 aromatic rings. The Labute approximate surface area is 144 Å². The Morgan fingerprint density at radius 2 is 1.79 bits per heavy atom. The van der Waals surface area contributed by atoms with Gasteiger partial charge >= 0.3 is 0 Å². The number of benzene rings is 2. The van der Waals surface area contributed by atoms with Crippen molar-refractivity contribution < 1.29 is 4.74 Å². The molecule has 0 bridgehead atoms. The Morgan fingerprint density at radius 1 is 1.00 bits per heavy atom. The van der Waals surface area contributed by atoms with E-state index >= 15 is 0 Å². The zero-order valence-corrected chi connectivity index (χ0v) is 14.6. The molecule has 0 atom stereocenters. The SMILES string of the molecule is CCN(CC)CCc1c[nH]c2ccc(OCc3ccccc3)cc12. The van der Waals surface area contributed by atoms with Crippen LogP contribution in [0.3, 0.4) is 0 Å². The monoisotopic (exact) mass is 322 g/mol. The maximum atomic E-state index is 5.97. The first-order valence-electron chi connectivity index (χ1n) is 8.79. The molecule has 1 aromatic heterocycles. The molecule has 0 spiro atoms. The van der Waals surface area contributed by atoms with Gasteiger partial charge in [0.15, 0.2) is 0 Å². The van der Waals surface area contributed by atoms with Gasteiger partial charge in [-0.15, -0.1) is 0 Å². The first kappa shape index (κ1) is 16.6. The second-order valence-corrected chi connectivity index (χ2v) is 6.07. The van der Waals surface area contributed by atoms with Crippen LogP contribution < -0.4 is 4.74 Å². The molecule has 3 heteroatoms. The highest BCUT2D eigenvalue weighted by atomic mass is 16.5. The standard InChI is InChI=1S/C21H26N2O/c1-3-23(4-2)13-12-18-15-22-21-11-10-19(14-20(18)21)24-16-17-8-6-5-7-9-17/h5-11,14-15,22H,3-4,12-13,16H2,1-2H3. The van der Waals surface area contributed by atoms with Gasteiger partial charge in [-0.2, -0.15) is 0 Å². The number of likely N-dealkylation sites (N-methyl/N-ethyl adjacent to an activating group) is 1. The Morgan fingerprint density at radius 3 is 2.54 bits per heavy atom. The van der Waals surface area contributed by atoms with Crippen molar-refractivity contribution in [1.82, 2.24) is 9.88 Å². The van der Waals surface area contributed by atoms with Crippen LogP contribution in [0.25, 0.3) is 10.9 Å². The molecule has 0 saturated heterocycles. The van der Waals surface area contributed by atoms with Crippen LogP contribution in [0.1, 0.15) is 25.0 Å². The highest BCUT2D eigenvalue weighted by Crippen LogP contribution is 2.25. The summed E-state index contributed by atoms with van der Waals surface area (Å²) in [6.07, 6.45) is 3.19. The lowest BCUT2D eigenvalue weighted by atomic mass is 10.1. The third-order valence-electron chi connectivity index (χ3n) is 4.58. The van der Waals surface area contributed by atoms with Gasteiger partial charge in [0.25, 0.3) is 0 Å². The van der Waals surface area contributed by atoms with Crippen molar-refractivity contribution in [2.75, 3.05) is 19.6 Å². The first-order valence-corrected chi connectivity index (χ1v) is 8.79. The molecule has 1 N–H and O–H groups in total. The Hall–Kier alpha value is -2.26. The van der Waals surface area contributed by atoms with Gasteiger partial charge in [0.2, 0.25) is 0 Å². The van der Waals surface area contributed by atoms with Crippen molar-refractivity contribution in [3.8, 4) is 5.75 Å². The summed E-state index contributed by atoms with van der Waals surface area (Å²) in [5.74, 6) is 0.926. The molecule has 3 nitrogen and oxygen atoms in total. The fourth-order valence-electron chi connectivity index (χ4n) is 3.01. The van der Waals surface area contributed by atoms with E-state index in [4.69, 9.17) is 4.74 Å². The summed E-state index contributed by atoms with van der Waals surface area (Å²) in [7, 11) is 0. The van der Waals surface area contributed by atoms with E-state index in [1.807, 2.05) is 24.3 Å². The van der Waals surface area contributed by atoms with Crippen molar-refractivity contribution >= 4 is 10.9 Å². The molecule has 0 fully saturated rings. The Kier molecular flexibility index (Phi) is 5.55. The van der Waals surface area contributed by atoms with E-state index in [0.29, 0.717) is 6.61 Å². The minimum absolute atomic E-state index is 0.603. The van der Waals surface area contributed by atoms with Gasteiger partial charge in [0.1, 0.15) is 12.4 Å². The van der Waals surface area contributed by atoms with Crippen molar-refractivity contribution in [2.24, 2.45) is 0 Å². The van der Waals surface area contributed by atoms with E-state index in [9.17, 15) is 0 Å². The van der Waals surface area contributed by atoms with Crippen LogP contribution in [0.15, 0.2) is 54.7 Å². The lowest BCUT2D eigenvalue weighted by Gasteiger charge is -2.17. The molecule has 0 unspecified atom stereocenters. The average molecular weight is 322 g/mol. The highest BCUT2D eigenvalue weighted by molar-refractivity contribution is 5.84. The van der Waals surface area contributed by atoms with E-state index in [2.05, 4.69) is 54.2 Å². The van der Waals surface area contributed by atoms with Crippen LogP contribution in [0, 0.1) is 0 Å². The number of ether oxygens (including phenoxy) is 1. The van der Waals surface area contributed by atoms with Crippen LogP contribution in [0.5, 0.6) is 5.75 Å². The second-order valence-electron chi connectivity index (χ2n) is 6.07. The number of nitrogens with zero attached hydrogens (tertiary/aromatic N) is 1. The molecular formula is C21H26N2O. The fourth-order valence-corrected chi connectivity index (χ4v) is 3.01. The third kappa shape index (κ3) is 3.98. The molecule has 0 aliphatic heterocycles. The zero-order chi connectivity index (χ0) is 16.8. The normalized spacial score (nSPS) is 11.3. The van der Waals surface area contributed by atoms with Gasteiger partial charge in [0, 0.05) is 23.6 Å². The van der Waals surface area contributed by atoms with E-state index in [1.165, 1.54) is 22.0 Å². The van der Waals surface area contributed by atoms with Gasteiger partial charge in [0.05, 0.1) is 0 Å². The van der Waals surface area contributed by atoms with Gasteiger partial charge in [-0.1, -0.05) is 44.2 Å². The van der Waals surface area contributed by atoms with Crippen LogP contribution in [-0.4, -0.2) is 29.5 Å². The topological polar surface area (TPSA) is 28.3 Å². The Bertz CT molecular complexity index is 760. The predicted molar refractivity (Wildman–Crippen MR) is 101 cm³/mol. The fraction of sp³-hybridized carbons (Fsp3) is 0.333. The first-order chi connectivity index (χ1) is 11.8. The zero-order valence-electron chi connectivity index (χ0n) is 14.6. The molecule has 0 aliphatic rings. The molecule has 0 aliphatic carbocycles.